The van der Waals surface area contributed by atoms with Crippen LogP contribution in [0.3, 0.4) is 0 Å². The zero-order valence-electron chi connectivity index (χ0n) is 18.3. The van der Waals surface area contributed by atoms with Gasteiger partial charge in [-0.05, 0) is 17.7 Å². The van der Waals surface area contributed by atoms with Gasteiger partial charge in [-0.3, -0.25) is 14.6 Å². The molecule has 4 aromatic rings. The van der Waals surface area contributed by atoms with E-state index in [0.29, 0.717) is 49.9 Å². The molecule has 0 aliphatic heterocycles. The first-order valence-electron chi connectivity index (χ1n) is 10.6. The maximum atomic E-state index is 13.3. The van der Waals surface area contributed by atoms with Gasteiger partial charge in [0, 0.05) is 47.3 Å². The van der Waals surface area contributed by atoms with Gasteiger partial charge in [-0.25, -0.2) is 0 Å². The summed E-state index contributed by atoms with van der Waals surface area (Å²) in [5.74, 6) is -0.196. The average molecular weight is 498 g/mol. The number of hydrogen-bond acceptors (Lipinski definition) is 6. The van der Waals surface area contributed by atoms with Crippen molar-refractivity contribution in [1.29, 1.82) is 0 Å². The molecule has 2 heterocycles. The van der Waals surface area contributed by atoms with E-state index in [0.717, 1.165) is 5.56 Å². The van der Waals surface area contributed by atoms with Crippen LogP contribution in [0.5, 0.6) is 5.75 Å². The van der Waals surface area contributed by atoms with E-state index in [1.54, 1.807) is 12.1 Å². The number of hydrogen-bond donors (Lipinski definition) is 0. The van der Waals surface area contributed by atoms with Crippen LogP contribution in [0, 0.1) is 0 Å². The molecule has 174 valence electrons. The van der Waals surface area contributed by atoms with E-state index in [2.05, 4.69) is 4.98 Å². The van der Waals surface area contributed by atoms with E-state index in [-0.39, 0.29) is 25.2 Å². The maximum Gasteiger partial charge on any atom is 0.310 e. The van der Waals surface area contributed by atoms with Crippen molar-refractivity contribution in [2.24, 2.45) is 0 Å². The Morgan fingerprint density at radius 3 is 2.44 bits per heavy atom. The second kappa shape index (κ2) is 10.7. The fraction of sp³-hybridized carbons (Fsp3) is 0.192. The fourth-order valence-corrected chi connectivity index (χ4v) is 4.21. The molecule has 8 heteroatoms. The number of halogens is 2. The highest BCUT2D eigenvalue weighted by molar-refractivity contribution is 6.36. The van der Waals surface area contributed by atoms with Crippen LogP contribution in [-0.4, -0.2) is 30.5 Å². The lowest BCUT2D eigenvalue weighted by atomic mass is 9.97. The second-order valence-corrected chi connectivity index (χ2v) is 8.41. The lowest BCUT2D eigenvalue weighted by Gasteiger charge is -2.10. The van der Waals surface area contributed by atoms with Crippen molar-refractivity contribution >= 4 is 45.9 Å². The highest BCUT2D eigenvalue weighted by atomic mass is 35.5. The number of carbonyl (C=O) groups excluding carboxylic acids is 2. The third kappa shape index (κ3) is 5.24. The zero-order valence-corrected chi connectivity index (χ0v) is 19.9. The van der Waals surface area contributed by atoms with Crippen molar-refractivity contribution < 1.29 is 23.5 Å². The van der Waals surface area contributed by atoms with Crippen LogP contribution < -0.4 is 4.74 Å². The summed E-state index contributed by atoms with van der Waals surface area (Å²) < 4.78 is 16.5. The minimum atomic E-state index is -0.417. The molecular weight excluding hydrogens is 477 g/mol. The van der Waals surface area contributed by atoms with Gasteiger partial charge in [0.15, 0.2) is 17.1 Å². The van der Waals surface area contributed by atoms with Gasteiger partial charge in [0.1, 0.15) is 0 Å². The molecule has 0 N–H and O–H groups in total. The molecule has 0 radical (unpaired) electrons. The summed E-state index contributed by atoms with van der Waals surface area (Å²) in [5.41, 5.74) is 2.86. The first-order chi connectivity index (χ1) is 16.5. The minimum absolute atomic E-state index is 0.0340. The summed E-state index contributed by atoms with van der Waals surface area (Å²) in [6, 6.07) is 13.1. The van der Waals surface area contributed by atoms with Crippen LogP contribution in [-0.2, 0) is 28.8 Å². The number of furan rings is 1. The molecule has 0 spiro atoms. The molecule has 0 bridgehead atoms. The van der Waals surface area contributed by atoms with E-state index < -0.39 is 5.97 Å². The van der Waals surface area contributed by atoms with Gasteiger partial charge in [0.05, 0.1) is 36.4 Å². The van der Waals surface area contributed by atoms with Gasteiger partial charge in [-0.1, -0.05) is 53.5 Å². The van der Waals surface area contributed by atoms with Crippen molar-refractivity contribution in [1.82, 2.24) is 4.98 Å². The summed E-state index contributed by atoms with van der Waals surface area (Å²) >= 11 is 12.4. The number of ether oxygens (including phenoxy) is 2. The predicted molar refractivity (Wildman–Crippen MR) is 130 cm³/mol. The Labute approximate surface area is 206 Å². The number of Topliss-reactive ketones (excluding diaryl/α,β-unsaturated/α-hetero) is 1. The maximum absolute atomic E-state index is 13.3. The lowest BCUT2D eigenvalue weighted by molar-refractivity contribution is -0.142. The van der Waals surface area contributed by atoms with Crippen molar-refractivity contribution in [3.63, 3.8) is 0 Å². The predicted octanol–water partition coefficient (Wildman–Crippen LogP) is 5.90. The number of methoxy groups -OCH3 is 1. The van der Waals surface area contributed by atoms with Crippen molar-refractivity contribution in [2.45, 2.75) is 19.3 Å². The van der Waals surface area contributed by atoms with Crippen LogP contribution in [0.25, 0.3) is 11.0 Å². The SMILES string of the molecule is COc1ccc(C(=O)Cc2c(Cl)cncc2Cl)c2c(CC(=O)OCCc3ccccc3)coc12. The Morgan fingerprint density at radius 2 is 1.74 bits per heavy atom. The van der Waals surface area contributed by atoms with Gasteiger partial charge in [-0.2, -0.15) is 0 Å². The Balaban J connectivity index is 1.57. The van der Waals surface area contributed by atoms with Gasteiger partial charge in [0.2, 0.25) is 0 Å². The van der Waals surface area contributed by atoms with Crippen molar-refractivity contribution in [3.8, 4) is 5.75 Å². The number of nitrogens with zero attached hydrogens (tertiary/aromatic N) is 1. The Bertz CT molecular complexity index is 1310. The topological polar surface area (TPSA) is 78.6 Å². The van der Waals surface area contributed by atoms with Crippen LogP contribution in [0.1, 0.15) is 27.0 Å². The van der Waals surface area contributed by atoms with Crippen LogP contribution in [0.15, 0.2) is 65.5 Å². The molecule has 2 aromatic heterocycles. The molecule has 0 unspecified atom stereocenters. The fourth-order valence-electron chi connectivity index (χ4n) is 3.71. The number of ketones is 1. The number of carbonyl (C=O) groups is 2. The molecule has 0 saturated carbocycles. The van der Waals surface area contributed by atoms with E-state index in [4.69, 9.17) is 37.1 Å². The molecule has 4 rings (SSSR count). The highest BCUT2D eigenvalue weighted by Crippen LogP contribution is 2.34. The summed E-state index contributed by atoms with van der Waals surface area (Å²) in [4.78, 5) is 29.7. The normalized spacial score (nSPS) is 10.9. The summed E-state index contributed by atoms with van der Waals surface area (Å²) in [5, 5.41) is 1.12. The minimum Gasteiger partial charge on any atom is -0.493 e. The molecule has 0 fully saturated rings. The molecule has 0 saturated heterocycles. The Kier molecular flexibility index (Phi) is 7.50. The second-order valence-electron chi connectivity index (χ2n) is 7.59. The standard InChI is InChI=1S/C26H21Cl2NO5/c1-32-23-8-7-18(22(30)12-19-20(27)13-29-14-21(19)28)25-17(15-34-26(23)25)11-24(31)33-10-9-16-5-3-2-4-6-16/h2-8,13-15H,9-12H2,1H3. The largest absolute Gasteiger partial charge is 0.493 e. The van der Waals surface area contributed by atoms with Gasteiger partial charge < -0.3 is 13.9 Å². The number of esters is 1. The first-order valence-corrected chi connectivity index (χ1v) is 11.3. The van der Waals surface area contributed by atoms with E-state index in [1.165, 1.54) is 25.8 Å². The van der Waals surface area contributed by atoms with Crippen molar-refractivity contribution in [2.75, 3.05) is 13.7 Å². The quantitative estimate of drug-likeness (QED) is 0.211. The molecule has 6 nitrogen and oxygen atoms in total. The smallest absolute Gasteiger partial charge is 0.310 e. The summed E-state index contributed by atoms with van der Waals surface area (Å²) in [6.45, 7) is 0.257. The Hall–Kier alpha value is -3.35. The molecule has 0 amide bonds. The number of rotatable bonds is 9. The van der Waals surface area contributed by atoms with E-state index >= 15 is 0 Å². The van der Waals surface area contributed by atoms with Crippen molar-refractivity contribution in [3.05, 3.63) is 93.4 Å². The van der Waals surface area contributed by atoms with E-state index in [1.807, 2.05) is 30.3 Å². The molecule has 2 aromatic carbocycles. The average Bonchev–Trinajstić information content (AvgIpc) is 3.25. The number of aromatic nitrogens is 1. The molecule has 0 aliphatic rings. The highest BCUT2D eigenvalue weighted by Gasteiger charge is 2.22. The molecular formula is C26H21Cl2NO5. The number of pyridine rings is 1. The van der Waals surface area contributed by atoms with Crippen LogP contribution in [0.2, 0.25) is 10.0 Å². The zero-order chi connectivity index (χ0) is 24.1. The van der Waals surface area contributed by atoms with Gasteiger partial charge in [0.25, 0.3) is 0 Å². The molecule has 34 heavy (non-hydrogen) atoms. The summed E-state index contributed by atoms with van der Waals surface area (Å²) in [7, 11) is 1.51. The third-order valence-corrected chi connectivity index (χ3v) is 6.05. The van der Waals surface area contributed by atoms with E-state index in [9.17, 15) is 9.59 Å². The lowest BCUT2D eigenvalue weighted by Crippen LogP contribution is -2.11. The first kappa shape index (κ1) is 23.8. The number of fused-ring (bicyclic) bond motifs is 1. The van der Waals surface area contributed by atoms with Gasteiger partial charge >= 0.3 is 5.97 Å². The molecule has 0 atom stereocenters. The summed E-state index contributed by atoms with van der Waals surface area (Å²) in [6.07, 6.45) is 4.86. The molecule has 0 aliphatic carbocycles. The van der Waals surface area contributed by atoms with Gasteiger partial charge in [-0.15, -0.1) is 0 Å². The number of benzene rings is 2. The monoisotopic (exact) mass is 497 g/mol. The van der Waals surface area contributed by atoms with Crippen LogP contribution >= 0.6 is 23.2 Å². The Morgan fingerprint density at radius 1 is 1.00 bits per heavy atom. The van der Waals surface area contributed by atoms with Crippen LogP contribution in [0.4, 0.5) is 0 Å². The third-order valence-electron chi connectivity index (χ3n) is 5.40.